The summed E-state index contributed by atoms with van der Waals surface area (Å²) in [6.45, 7) is 4.54. The van der Waals surface area contributed by atoms with Crippen molar-refractivity contribution in [3.8, 4) is 22.5 Å². The first-order chi connectivity index (χ1) is 17.9. The summed E-state index contributed by atoms with van der Waals surface area (Å²) in [6.07, 6.45) is 3.91. The monoisotopic (exact) mass is 519 g/mol. The highest BCUT2D eigenvalue weighted by atomic mass is 32.2. The Hall–Kier alpha value is -3.90. The SMILES string of the molecule is CCCCN1C(S(=O)(=O)NC)=NN2C1=C(Cc1ccc(-c3ccccc3-c3nnn[nH]3)cc1)C=NC2C. The zero-order valence-corrected chi connectivity index (χ0v) is 21.8. The molecule has 12 heteroatoms. The number of rotatable bonds is 8. The maximum atomic E-state index is 12.8. The van der Waals surface area contributed by atoms with Gasteiger partial charge in [0, 0.05) is 30.3 Å². The van der Waals surface area contributed by atoms with E-state index < -0.39 is 10.0 Å². The van der Waals surface area contributed by atoms with Crippen LogP contribution in [0.25, 0.3) is 22.5 Å². The molecule has 0 aliphatic carbocycles. The molecule has 0 bridgehead atoms. The van der Waals surface area contributed by atoms with Gasteiger partial charge in [-0.2, -0.15) is 0 Å². The molecule has 3 heterocycles. The lowest BCUT2D eigenvalue weighted by molar-refractivity contribution is 0.250. The Kier molecular flexibility index (Phi) is 6.85. The Morgan fingerprint density at radius 2 is 1.84 bits per heavy atom. The lowest BCUT2D eigenvalue weighted by Crippen LogP contribution is -2.41. The molecular formula is C25H29N9O2S. The van der Waals surface area contributed by atoms with Gasteiger partial charge in [0.15, 0.2) is 5.82 Å². The van der Waals surface area contributed by atoms with Crippen LogP contribution < -0.4 is 4.72 Å². The van der Waals surface area contributed by atoms with Gasteiger partial charge in [-0.25, -0.2) is 23.2 Å². The predicted molar refractivity (Wildman–Crippen MR) is 143 cm³/mol. The molecule has 37 heavy (non-hydrogen) atoms. The number of nitrogens with one attached hydrogen (secondary N) is 2. The molecule has 1 atom stereocenters. The van der Waals surface area contributed by atoms with Crippen molar-refractivity contribution >= 4 is 21.4 Å². The van der Waals surface area contributed by atoms with Crippen LogP contribution in [0.2, 0.25) is 0 Å². The van der Waals surface area contributed by atoms with Gasteiger partial charge in [-0.1, -0.05) is 61.9 Å². The summed E-state index contributed by atoms with van der Waals surface area (Å²) in [7, 11) is -2.33. The molecule has 0 radical (unpaired) electrons. The number of hydrogen-bond acceptors (Lipinski definition) is 9. The normalized spacial score (nSPS) is 17.4. The van der Waals surface area contributed by atoms with Crippen LogP contribution in [0.15, 0.2) is 70.0 Å². The van der Waals surface area contributed by atoms with E-state index in [0.29, 0.717) is 18.8 Å². The summed E-state index contributed by atoms with van der Waals surface area (Å²) < 4.78 is 28.0. The van der Waals surface area contributed by atoms with Gasteiger partial charge in [-0.15, -0.1) is 10.2 Å². The van der Waals surface area contributed by atoms with Gasteiger partial charge in [0.25, 0.3) is 15.2 Å². The van der Waals surface area contributed by atoms with Crippen molar-refractivity contribution in [3.05, 3.63) is 65.5 Å². The van der Waals surface area contributed by atoms with Gasteiger partial charge in [0.1, 0.15) is 12.0 Å². The highest BCUT2D eigenvalue weighted by molar-refractivity contribution is 8.04. The van der Waals surface area contributed by atoms with Gasteiger partial charge in [0.2, 0.25) is 0 Å². The van der Waals surface area contributed by atoms with E-state index in [1.54, 1.807) is 5.01 Å². The Labute approximate surface area is 216 Å². The number of hydrazone groups is 1. The number of aromatic amines is 1. The van der Waals surface area contributed by atoms with Crippen molar-refractivity contribution in [1.82, 2.24) is 35.3 Å². The molecule has 2 N–H and O–H groups in total. The van der Waals surface area contributed by atoms with Crippen molar-refractivity contribution in [1.29, 1.82) is 0 Å². The van der Waals surface area contributed by atoms with Crippen LogP contribution in [0.5, 0.6) is 0 Å². The van der Waals surface area contributed by atoms with Crippen LogP contribution in [0.3, 0.4) is 0 Å². The fourth-order valence-electron chi connectivity index (χ4n) is 4.48. The number of allylic oxidation sites excluding steroid dienone is 1. The number of amidine groups is 1. The lowest BCUT2D eigenvalue weighted by atomic mass is 9.96. The van der Waals surface area contributed by atoms with E-state index in [1.807, 2.05) is 42.3 Å². The van der Waals surface area contributed by atoms with E-state index in [-0.39, 0.29) is 11.3 Å². The maximum Gasteiger partial charge on any atom is 0.275 e. The molecule has 1 aromatic heterocycles. The van der Waals surface area contributed by atoms with Gasteiger partial charge in [-0.05, 0) is 47.5 Å². The molecule has 3 aromatic rings. The molecule has 0 saturated carbocycles. The summed E-state index contributed by atoms with van der Waals surface area (Å²) in [6, 6.07) is 16.2. The Morgan fingerprint density at radius 1 is 1.08 bits per heavy atom. The van der Waals surface area contributed by atoms with Gasteiger partial charge in [-0.3, -0.25) is 9.89 Å². The average Bonchev–Trinajstić information content (AvgIpc) is 3.59. The Balaban J connectivity index is 1.47. The first kappa shape index (κ1) is 24.8. The number of tetrazole rings is 1. The highest BCUT2D eigenvalue weighted by Crippen LogP contribution is 2.33. The standard InChI is InChI=1S/C25H29N9O2S/c1-4-5-14-33-24-20(16-27-17(2)34(24)30-25(33)37(35,36)26-3)15-18-10-12-19(13-11-18)21-8-6-7-9-22(21)23-28-31-32-29-23/h6-13,16-17,26H,4-5,14-15H2,1-3H3,(H,28,29,31,32). The molecule has 1 unspecified atom stereocenters. The Bertz CT molecular complexity index is 1460. The van der Waals surface area contributed by atoms with Crippen LogP contribution in [0.1, 0.15) is 32.3 Å². The quantitative estimate of drug-likeness (QED) is 0.468. The van der Waals surface area contributed by atoms with Crippen LogP contribution in [-0.2, 0) is 16.4 Å². The number of aliphatic imine (C=N–C) groups is 1. The minimum absolute atomic E-state index is 0.0159. The van der Waals surface area contributed by atoms with Gasteiger partial charge >= 0.3 is 0 Å². The third-order valence-corrected chi connectivity index (χ3v) is 7.74. The number of unbranched alkanes of at least 4 members (excludes halogenated alkanes) is 1. The van der Waals surface area contributed by atoms with Crippen molar-refractivity contribution in [2.75, 3.05) is 13.6 Å². The van der Waals surface area contributed by atoms with E-state index in [1.165, 1.54) is 7.05 Å². The number of nitrogens with zero attached hydrogens (tertiary/aromatic N) is 7. The van der Waals surface area contributed by atoms with E-state index in [0.717, 1.165) is 46.5 Å². The van der Waals surface area contributed by atoms with Crippen LogP contribution >= 0.6 is 0 Å². The fourth-order valence-corrected chi connectivity index (χ4v) is 5.32. The zero-order chi connectivity index (χ0) is 26.0. The van der Waals surface area contributed by atoms with Crippen molar-refractivity contribution < 1.29 is 8.42 Å². The van der Waals surface area contributed by atoms with E-state index in [2.05, 4.69) is 66.6 Å². The number of aromatic nitrogens is 4. The number of benzene rings is 2. The second-order valence-electron chi connectivity index (χ2n) is 8.87. The predicted octanol–water partition coefficient (Wildman–Crippen LogP) is 2.96. The second-order valence-corrected chi connectivity index (χ2v) is 10.6. The Morgan fingerprint density at radius 3 is 2.51 bits per heavy atom. The van der Waals surface area contributed by atoms with Crippen molar-refractivity contribution in [3.63, 3.8) is 0 Å². The van der Waals surface area contributed by atoms with Crippen molar-refractivity contribution in [2.24, 2.45) is 10.1 Å². The molecule has 0 spiro atoms. The zero-order valence-electron chi connectivity index (χ0n) is 21.0. The summed E-state index contributed by atoms with van der Waals surface area (Å²) in [5.74, 6) is 1.39. The topological polar surface area (TPSA) is 132 Å². The maximum absolute atomic E-state index is 12.8. The van der Waals surface area contributed by atoms with E-state index in [9.17, 15) is 8.42 Å². The largest absolute Gasteiger partial charge is 0.299 e. The number of hydrogen-bond donors (Lipinski definition) is 2. The van der Waals surface area contributed by atoms with Crippen LogP contribution in [0, 0.1) is 0 Å². The summed E-state index contributed by atoms with van der Waals surface area (Å²) in [4.78, 5) is 6.39. The van der Waals surface area contributed by atoms with Crippen molar-refractivity contribution in [2.45, 2.75) is 39.3 Å². The van der Waals surface area contributed by atoms with Gasteiger partial charge in [0.05, 0.1) is 0 Å². The molecule has 0 fully saturated rings. The van der Waals surface area contributed by atoms with E-state index in [4.69, 9.17) is 0 Å². The summed E-state index contributed by atoms with van der Waals surface area (Å²) in [5.41, 5.74) is 4.97. The minimum atomic E-state index is -3.74. The van der Waals surface area contributed by atoms with E-state index >= 15 is 0 Å². The highest BCUT2D eigenvalue weighted by Gasteiger charge is 2.40. The molecule has 2 aliphatic rings. The first-order valence-electron chi connectivity index (χ1n) is 12.2. The molecule has 192 valence electrons. The molecule has 2 aliphatic heterocycles. The molecule has 0 amide bonds. The van der Waals surface area contributed by atoms with Crippen LogP contribution in [-0.4, -0.2) is 70.1 Å². The molecule has 0 saturated heterocycles. The molecule has 2 aromatic carbocycles. The lowest BCUT2D eigenvalue weighted by Gasteiger charge is -2.31. The second kappa shape index (κ2) is 10.2. The minimum Gasteiger partial charge on any atom is -0.299 e. The molecule has 5 rings (SSSR count). The number of sulfonamides is 1. The average molecular weight is 520 g/mol. The van der Waals surface area contributed by atoms with Gasteiger partial charge < -0.3 is 0 Å². The number of H-pyrrole nitrogens is 1. The first-order valence-corrected chi connectivity index (χ1v) is 13.7. The third-order valence-electron chi connectivity index (χ3n) is 6.42. The molecular weight excluding hydrogens is 490 g/mol. The van der Waals surface area contributed by atoms with Crippen LogP contribution in [0.4, 0.5) is 0 Å². The third kappa shape index (κ3) is 4.77. The smallest absolute Gasteiger partial charge is 0.275 e. The number of fused-ring (bicyclic) bond motifs is 1. The molecule has 11 nitrogen and oxygen atoms in total. The fraction of sp³-hybridized carbons (Fsp3) is 0.320. The summed E-state index contributed by atoms with van der Waals surface area (Å²) >= 11 is 0. The summed E-state index contributed by atoms with van der Waals surface area (Å²) in [5, 5.41) is 20.5.